The van der Waals surface area contributed by atoms with Crippen molar-refractivity contribution in [3.8, 4) is 16.9 Å². The first-order valence-electron chi connectivity index (χ1n) is 13.8. The Balaban J connectivity index is 1.51. The van der Waals surface area contributed by atoms with Gasteiger partial charge in [0.1, 0.15) is 7.05 Å². The SMILES string of the molecule is Cc1c(-c2c3ccc(-n4c5ccccc5c5ccccc54)cc3cc[n+]2C)cc(C(C)(C)C)c2ccccc12. The summed E-state index contributed by atoms with van der Waals surface area (Å²) in [7, 11) is 2.17. The number of fused-ring (bicyclic) bond motifs is 5. The van der Waals surface area contributed by atoms with Crippen molar-refractivity contribution in [3.63, 3.8) is 0 Å². The van der Waals surface area contributed by atoms with Crippen LogP contribution in [-0.2, 0) is 12.5 Å². The Hall–Kier alpha value is -4.43. The number of benzene rings is 5. The van der Waals surface area contributed by atoms with Crippen LogP contribution in [0.3, 0.4) is 0 Å². The van der Waals surface area contributed by atoms with Gasteiger partial charge in [-0.25, -0.2) is 4.57 Å². The number of nitrogens with zero attached hydrogens (tertiary/aromatic N) is 2. The normalized spacial score (nSPS) is 12.2. The van der Waals surface area contributed by atoms with Crippen molar-refractivity contribution in [1.29, 1.82) is 0 Å². The molecule has 0 aliphatic rings. The van der Waals surface area contributed by atoms with E-state index in [-0.39, 0.29) is 5.41 Å². The average Bonchev–Trinajstić information content (AvgIpc) is 3.27. The van der Waals surface area contributed by atoms with Crippen molar-refractivity contribution in [2.75, 3.05) is 0 Å². The van der Waals surface area contributed by atoms with Crippen LogP contribution in [0.2, 0.25) is 0 Å². The molecule has 0 atom stereocenters. The second-order valence-electron chi connectivity index (χ2n) is 11.8. The fourth-order valence-electron chi connectivity index (χ4n) is 6.42. The first kappa shape index (κ1) is 23.7. The number of para-hydroxylation sites is 2. The summed E-state index contributed by atoms with van der Waals surface area (Å²) in [4.78, 5) is 0. The Morgan fingerprint density at radius 2 is 1.21 bits per heavy atom. The van der Waals surface area contributed by atoms with Crippen molar-refractivity contribution < 1.29 is 4.57 Å². The number of hydrogen-bond acceptors (Lipinski definition) is 0. The van der Waals surface area contributed by atoms with Crippen LogP contribution in [0, 0.1) is 6.92 Å². The van der Waals surface area contributed by atoms with Crippen molar-refractivity contribution >= 4 is 43.4 Å². The van der Waals surface area contributed by atoms with E-state index in [1.54, 1.807) is 0 Å². The van der Waals surface area contributed by atoms with E-state index in [9.17, 15) is 0 Å². The summed E-state index contributed by atoms with van der Waals surface area (Å²) in [5.74, 6) is 0. The molecule has 0 saturated carbocycles. The van der Waals surface area contributed by atoms with E-state index < -0.39 is 0 Å². The van der Waals surface area contributed by atoms with Crippen LogP contribution in [0.15, 0.2) is 109 Å². The van der Waals surface area contributed by atoms with Crippen molar-refractivity contribution in [2.45, 2.75) is 33.1 Å². The molecule has 0 saturated heterocycles. The molecule has 5 aromatic carbocycles. The number of pyridine rings is 1. The van der Waals surface area contributed by atoms with Gasteiger partial charge >= 0.3 is 0 Å². The largest absolute Gasteiger partial charge is 0.309 e. The minimum Gasteiger partial charge on any atom is -0.309 e. The van der Waals surface area contributed by atoms with Gasteiger partial charge in [0, 0.05) is 22.5 Å². The summed E-state index contributed by atoms with van der Waals surface area (Å²) in [6, 6.07) is 37.9. The molecule has 0 spiro atoms. The Morgan fingerprint density at radius 3 is 1.85 bits per heavy atom. The van der Waals surface area contributed by atoms with E-state index in [0.29, 0.717) is 0 Å². The molecular weight excluding hydrogens is 472 g/mol. The molecule has 0 aliphatic carbocycles. The molecular formula is C37H33N2+. The topological polar surface area (TPSA) is 8.81 Å². The van der Waals surface area contributed by atoms with E-state index in [2.05, 4.69) is 153 Å². The molecule has 2 heteroatoms. The lowest BCUT2D eigenvalue weighted by Crippen LogP contribution is -2.31. The van der Waals surface area contributed by atoms with Gasteiger partial charge in [0.2, 0.25) is 5.69 Å². The standard InChI is InChI=1S/C37H33N2/c1-24-27-12-6-7-13-29(27)33(37(2,3)4)23-32(24)36-28-19-18-26(22-25(28)20-21-38(36)5)39-34-16-10-8-14-30(34)31-15-9-11-17-35(31)39/h6-23H,1-5H3/q+1. The van der Waals surface area contributed by atoms with E-state index in [1.807, 2.05) is 0 Å². The zero-order chi connectivity index (χ0) is 26.9. The molecule has 0 fully saturated rings. The molecule has 0 aliphatic heterocycles. The Labute approximate surface area is 229 Å². The Morgan fingerprint density at radius 1 is 0.615 bits per heavy atom. The minimum atomic E-state index is 0.0366. The van der Waals surface area contributed by atoms with Crippen LogP contribution in [0.1, 0.15) is 31.9 Å². The third kappa shape index (κ3) is 3.59. The molecule has 2 heterocycles. The van der Waals surface area contributed by atoms with E-state index in [1.165, 1.54) is 71.4 Å². The summed E-state index contributed by atoms with van der Waals surface area (Å²) in [6.45, 7) is 9.22. The first-order valence-corrected chi connectivity index (χ1v) is 13.8. The summed E-state index contributed by atoms with van der Waals surface area (Å²) >= 11 is 0. The predicted molar refractivity (Wildman–Crippen MR) is 166 cm³/mol. The maximum atomic E-state index is 2.44. The molecule has 0 N–H and O–H groups in total. The van der Waals surface area contributed by atoms with Crippen LogP contribution >= 0.6 is 0 Å². The van der Waals surface area contributed by atoms with Crippen LogP contribution in [0.5, 0.6) is 0 Å². The second-order valence-corrected chi connectivity index (χ2v) is 11.8. The molecule has 2 nitrogen and oxygen atoms in total. The summed E-state index contributed by atoms with van der Waals surface area (Å²) in [5, 5.41) is 7.77. The van der Waals surface area contributed by atoms with Crippen LogP contribution in [0.4, 0.5) is 0 Å². The number of rotatable bonds is 2. The fourth-order valence-corrected chi connectivity index (χ4v) is 6.42. The molecule has 7 aromatic rings. The lowest BCUT2D eigenvalue weighted by Gasteiger charge is -2.24. The van der Waals surface area contributed by atoms with Gasteiger partial charge < -0.3 is 4.57 Å². The molecule has 0 radical (unpaired) electrons. The van der Waals surface area contributed by atoms with Crippen LogP contribution in [-0.4, -0.2) is 4.57 Å². The molecule has 39 heavy (non-hydrogen) atoms. The van der Waals surface area contributed by atoms with Crippen molar-refractivity contribution in [3.05, 3.63) is 120 Å². The summed E-state index contributed by atoms with van der Waals surface area (Å²) in [5.41, 5.74) is 8.97. The summed E-state index contributed by atoms with van der Waals surface area (Å²) < 4.78 is 4.68. The third-order valence-electron chi connectivity index (χ3n) is 8.34. The smallest absolute Gasteiger partial charge is 0.220 e. The minimum absolute atomic E-state index is 0.0366. The highest BCUT2D eigenvalue weighted by Crippen LogP contribution is 2.39. The van der Waals surface area contributed by atoms with Gasteiger partial charge in [0.25, 0.3) is 0 Å². The highest BCUT2D eigenvalue weighted by molar-refractivity contribution is 6.09. The van der Waals surface area contributed by atoms with Gasteiger partial charge in [-0.15, -0.1) is 0 Å². The van der Waals surface area contributed by atoms with Gasteiger partial charge in [-0.2, -0.15) is 0 Å². The zero-order valence-electron chi connectivity index (χ0n) is 23.3. The van der Waals surface area contributed by atoms with Crippen molar-refractivity contribution in [2.24, 2.45) is 7.05 Å². The van der Waals surface area contributed by atoms with E-state index >= 15 is 0 Å². The second kappa shape index (κ2) is 8.54. The molecule has 0 unspecified atom stereocenters. The molecule has 7 rings (SSSR count). The first-order chi connectivity index (χ1) is 18.8. The average molecular weight is 506 g/mol. The van der Waals surface area contributed by atoms with Crippen molar-refractivity contribution in [1.82, 2.24) is 4.57 Å². The lowest BCUT2D eigenvalue weighted by atomic mass is 9.80. The third-order valence-corrected chi connectivity index (χ3v) is 8.34. The maximum Gasteiger partial charge on any atom is 0.220 e. The van der Waals surface area contributed by atoms with Crippen LogP contribution < -0.4 is 4.57 Å². The fraction of sp³-hybridized carbons (Fsp3) is 0.162. The molecule has 2 aromatic heterocycles. The summed E-state index contributed by atoms with van der Waals surface area (Å²) in [6.07, 6.45) is 2.21. The molecule has 190 valence electrons. The quantitative estimate of drug-likeness (QED) is 0.207. The number of hydrogen-bond donors (Lipinski definition) is 0. The van der Waals surface area contributed by atoms with Crippen LogP contribution in [0.25, 0.3) is 60.3 Å². The zero-order valence-corrected chi connectivity index (χ0v) is 23.3. The van der Waals surface area contributed by atoms with Gasteiger partial charge in [-0.3, -0.25) is 0 Å². The van der Waals surface area contributed by atoms with Gasteiger partial charge in [0.05, 0.1) is 22.0 Å². The Bertz CT molecular complexity index is 2020. The lowest BCUT2D eigenvalue weighted by molar-refractivity contribution is -0.659. The maximum absolute atomic E-state index is 2.44. The van der Waals surface area contributed by atoms with Gasteiger partial charge in [0.15, 0.2) is 6.20 Å². The number of aromatic nitrogens is 2. The molecule has 0 amide bonds. The highest BCUT2D eigenvalue weighted by Gasteiger charge is 2.25. The monoisotopic (exact) mass is 505 g/mol. The molecule has 0 bridgehead atoms. The highest BCUT2D eigenvalue weighted by atomic mass is 15.0. The Kier molecular flexibility index (Phi) is 5.18. The van der Waals surface area contributed by atoms with Gasteiger partial charge in [-0.05, 0) is 76.0 Å². The van der Waals surface area contributed by atoms with E-state index in [0.717, 1.165) is 0 Å². The van der Waals surface area contributed by atoms with Gasteiger partial charge in [-0.1, -0.05) is 81.4 Å². The predicted octanol–water partition coefficient (Wildman–Crippen LogP) is 9.19. The number of aryl methyl sites for hydroxylation is 2. The van der Waals surface area contributed by atoms with E-state index in [4.69, 9.17) is 0 Å².